The van der Waals surface area contributed by atoms with Crippen LogP contribution in [0.5, 0.6) is 0 Å². The number of rotatable bonds is 3. The van der Waals surface area contributed by atoms with E-state index in [1.165, 1.54) is 0 Å². The summed E-state index contributed by atoms with van der Waals surface area (Å²) in [6, 6.07) is 2.42. The van der Waals surface area contributed by atoms with Gasteiger partial charge >= 0.3 is 6.03 Å². The third kappa shape index (κ3) is 5.60. The number of piperidine rings is 1. The first-order chi connectivity index (χ1) is 14.2. The van der Waals surface area contributed by atoms with Gasteiger partial charge in [0.05, 0.1) is 18.0 Å². The van der Waals surface area contributed by atoms with Crippen LogP contribution in [0.15, 0.2) is 12.4 Å². The second-order valence-corrected chi connectivity index (χ2v) is 9.95. The number of nitriles is 1. The standard InChI is InChI=1S/C22H35N7O/c1-16-13-28(20-24-11-18(10-23)12-25-20)14-17(2)29(16)21(30)26-19-6-8-27(9-7-19)15-22(3,4)5/h11-12,16-17,19H,6-9,13-15H2,1-5H3,(H,26,30)/t16-,17+. The van der Waals surface area contributed by atoms with Gasteiger partial charge in [-0.3, -0.25) is 0 Å². The van der Waals surface area contributed by atoms with Gasteiger partial charge in [-0.1, -0.05) is 20.8 Å². The minimum atomic E-state index is 0.0321. The van der Waals surface area contributed by atoms with Crippen LogP contribution in [0, 0.1) is 16.7 Å². The Morgan fingerprint density at radius 3 is 2.23 bits per heavy atom. The number of likely N-dealkylation sites (tertiary alicyclic amines) is 1. The van der Waals surface area contributed by atoms with E-state index in [1.807, 2.05) is 11.0 Å². The highest BCUT2D eigenvalue weighted by Gasteiger charge is 2.35. The lowest BCUT2D eigenvalue weighted by molar-refractivity contribution is 0.122. The second kappa shape index (κ2) is 9.17. The van der Waals surface area contributed by atoms with Crippen molar-refractivity contribution in [1.29, 1.82) is 5.26 Å². The molecular weight excluding hydrogens is 378 g/mol. The Balaban J connectivity index is 1.53. The summed E-state index contributed by atoms with van der Waals surface area (Å²) < 4.78 is 0. The van der Waals surface area contributed by atoms with Gasteiger partial charge in [0.1, 0.15) is 6.07 Å². The molecule has 2 fully saturated rings. The molecule has 0 spiro atoms. The van der Waals surface area contributed by atoms with Crippen LogP contribution in [-0.4, -0.2) is 76.6 Å². The Bertz CT molecular complexity index is 747. The number of carbonyl (C=O) groups is 1. The predicted octanol–water partition coefficient (Wildman–Crippen LogP) is 2.47. The summed E-state index contributed by atoms with van der Waals surface area (Å²) in [6.07, 6.45) is 5.10. The summed E-state index contributed by atoms with van der Waals surface area (Å²) in [5, 5.41) is 12.2. The quantitative estimate of drug-likeness (QED) is 0.819. The zero-order chi connectivity index (χ0) is 21.9. The van der Waals surface area contributed by atoms with Crippen LogP contribution in [0.4, 0.5) is 10.7 Å². The fourth-order valence-corrected chi connectivity index (χ4v) is 4.58. The van der Waals surface area contributed by atoms with E-state index in [9.17, 15) is 4.79 Å². The molecule has 3 heterocycles. The number of nitrogens with zero attached hydrogens (tertiary/aromatic N) is 6. The molecule has 2 saturated heterocycles. The lowest BCUT2D eigenvalue weighted by atomic mass is 9.94. The minimum Gasteiger partial charge on any atom is -0.337 e. The van der Waals surface area contributed by atoms with Gasteiger partial charge in [0.25, 0.3) is 0 Å². The predicted molar refractivity (Wildman–Crippen MR) is 117 cm³/mol. The molecule has 8 heteroatoms. The van der Waals surface area contributed by atoms with Gasteiger partial charge in [-0.25, -0.2) is 14.8 Å². The van der Waals surface area contributed by atoms with E-state index in [-0.39, 0.29) is 24.2 Å². The SMILES string of the molecule is C[C@@H]1CN(c2ncc(C#N)cn2)C[C@H](C)N1C(=O)NC1CCN(CC(C)(C)C)CC1. The van der Waals surface area contributed by atoms with Crippen LogP contribution in [-0.2, 0) is 0 Å². The van der Waals surface area contributed by atoms with Crippen molar-refractivity contribution in [2.24, 2.45) is 5.41 Å². The number of carbonyl (C=O) groups excluding carboxylic acids is 1. The molecule has 0 unspecified atom stereocenters. The summed E-state index contributed by atoms with van der Waals surface area (Å²) in [5.41, 5.74) is 0.755. The summed E-state index contributed by atoms with van der Waals surface area (Å²) in [4.78, 5) is 28.2. The molecule has 8 nitrogen and oxygen atoms in total. The van der Waals surface area contributed by atoms with Crippen molar-refractivity contribution in [2.75, 3.05) is 37.6 Å². The maximum Gasteiger partial charge on any atom is 0.318 e. The summed E-state index contributed by atoms with van der Waals surface area (Å²) in [5.74, 6) is 0.610. The van der Waals surface area contributed by atoms with E-state index >= 15 is 0 Å². The van der Waals surface area contributed by atoms with Gasteiger partial charge in [0.15, 0.2) is 0 Å². The van der Waals surface area contributed by atoms with E-state index in [0.717, 1.165) is 32.5 Å². The topological polar surface area (TPSA) is 88.4 Å². The first-order valence-corrected chi connectivity index (χ1v) is 10.9. The molecule has 2 aliphatic rings. The van der Waals surface area contributed by atoms with Gasteiger partial charge in [-0.2, -0.15) is 5.26 Å². The zero-order valence-electron chi connectivity index (χ0n) is 18.9. The van der Waals surface area contributed by atoms with Crippen molar-refractivity contribution in [3.63, 3.8) is 0 Å². The normalized spacial score (nSPS) is 23.9. The number of hydrogen-bond acceptors (Lipinski definition) is 6. The van der Waals surface area contributed by atoms with Crippen LogP contribution in [0.1, 0.15) is 53.0 Å². The average Bonchev–Trinajstić information content (AvgIpc) is 2.68. The van der Waals surface area contributed by atoms with Crippen LogP contribution in [0.3, 0.4) is 0 Å². The van der Waals surface area contributed by atoms with Crippen molar-refractivity contribution >= 4 is 12.0 Å². The monoisotopic (exact) mass is 413 g/mol. The number of piperazine rings is 1. The maximum atomic E-state index is 13.0. The second-order valence-electron chi connectivity index (χ2n) is 9.95. The highest BCUT2D eigenvalue weighted by Crippen LogP contribution is 2.22. The largest absolute Gasteiger partial charge is 0.337 e. The van der Waals surface area contributed by atoms with Crippen LogP contribution < -0.4 is 10.2 Å². The highest BCUT2D eigenvalue weighted by molar-refractivity contribution is 5.75. The molecule has 2 aliphatic heterocycles. The molecule has 3 rings (SSSR count). The highest BCUT2D eigenvalue weighted by atomic mass is 16.2. The molecule has 1 N–H and O–H groups in total. The van der Waals surface area contributed by atoms with Gasteiger partial charge in [-0.05, 0) is 32.1 Å². The molecule has 0 bridgehead atoms. The third-order valence-corrected chi connectivity index (χ3v) is 5.82. The molecule has 164 valence electrons. The number of urea groups is 1. The van der Waals surface area contributed by atoms with Crippen LogP contribution in [0.25, 0.3) is 0 Å². The van der Waals surface area contributed by atoms with E-state index in [4.69, 9.17) is 5.26 Å². The van der Waals surface area contributed by atoms with Crippen molar-refractivity contribution in [1.82, 2.24) is 25.1 Å². The van der Waals surface area contributed by atoms with E-state index in [2.05, 4.69) is 59.7 Å². The van der Waals surface area contributed by atoms with Crippen LogP contribution in [0.2, 0.25) is 0 Å². The van der Waals surface area contributed by atoms with Gasteiger partial charge < -0.3 is 20.0 Å². The van der Waals surface area contributed by atoms with Gasteiger partial charge in [0.2, 0.25) is 5.95 Å². The average molecular weight is 414 g/mol. The number of hydrogen-bond donors (Lipinski definition) is 1. The molecule has 0 aromatic carbocycles. The van der Waals surface area contributed by atoms with E-state index < -0.39 is 0 Å². The van der Waals surface area contributed by atoms with Gasteiger partial charge in [-0.15, -0.1) is 0 Å². The number of nitrogens with one attached hydrogen (secondary N) is 1. The number of amides is 2. The zero-order valence-corrected chi connectivity index (χ0v) is 18.9. The Morgan fingerprint density at radius 2 is 1.73 bits per heavy atom. The lowest BCUT2D eigenvalue weighted by Gasteiger charge is -2.45. The molecule has 0 aliphatic carbocycles. The molecule has 30 heavy (non-hydrogen) atoms. The Labute approximate surface area is 180 Å². The summed E-state index contributed by atoms with van der Waals surface area (Å²) in [6.45, 7) is 15.5. The molecule has 1 aromatic heterocycles. The summed E-state index contributed by atoms with van der Waals surface area (Å²) >= 11 is 0. The molecule has 0 radical (unpaired) electrons. The molecule has 2 atom stereocenters. The maximum absolute atomic E-state index is 13.0. The van der Waals surface area contributed by atoms with Crippen molar-refractivity contribution in [3.05, 3.63) is 18.0 Å². The summed E-state index contributed by atoms with van der Waals surface area (Å²) in [7, 11) is 0. The number of aromatic nitrogens is 2. The van der Waals surface area contributed by atoms with Crippen molar-refractivity contribution in [3.8, 4) is 6.07 Å². The number of anilines is 1. The van der Waals surface area contributed by atoms with Crippen molar-refractivity contribution in [2.45, 2.75) is 65.6 Å². The molecule has 0 saturated carbocycles. The Morgan fingerprint density at radius 1 is 1.17 bits per heavy atom. The fraction of sp³-hybridized carbons (Fsp3) is 0.727. The van der Waals surface area contributed by atoms with Gasteiger partial charge in [0, 0.05) is 50.8 Å². The van der Waals surface area contributed by atoms with Crippen molar-refractivity contribution < 1.29 is 4.79 Å². The molecular formula is C22H35N7O. The van der Waals surface area contributed by atoms with Crippen LogP contribution >= 0.6 is 0 Å². The Hall–Kier alpha value is -2.40. The Kier molecular flexibility index (Phi) is 6.81. The minimum absolute atomic E-state index is 0.0321. The van der Waals surface area contributed by atoms with E-state index in [1.54, 1.807) is 12.4 Å². The van der Waals surface area contributed by atoms with E-state index in [0.29, 0.717) is 30.0 Å². The lowest BCUT2D eigenvalue weighted by Crippen LogP contribution is -2.62. The fourth-order valence-electron chi connectivity index (χ4n) is 4.58. The first kappa shape index (κ1) is 22.3. The first-order valence-electron chi connectivity index (χ1n) is 10.9. The molecule has 1 aromatic rings. The third-order valence-electron chi connectivity index (χ3n) is 5.82. The molecule has 2 amide bonds. The smallest absolute Gasteiger partial charge is 0.318 e.